The van der Waals surface area contributed by atoms with Gasteiger partial charge in [0.05, 0.1) is 0 Å². The van der Waals surface area contributed by atoms with Crippen LogP contribution in [0.2, 0.25) is 0 Å². The number of rotatable bonds is 4. The predicted molar refractivity (Wildman–Crippen MR) is 78.8 cm³/mol. The second kappa shape index (κ2) is 6.38. The molecule has 2 unspecified atom stereocenters. The van der Waals surface area contributed by atoms with Crippen LogP contribution >= 0.6 is 0 Å². The minimum Gasteiger partial charge on any atom is -0.310 e. The summed E-state index contributed by atoms with van der Waals surface area (Å²) in [5, 5.41) is 3.74. The fourth-order valence-electron chi connectivity index (χ4n) is 2.89. The first kappa shape index (κ1) is 13.6. The molecule has 1 aromatic carbocycles. The van der Waals surface area contributed by atoms with Crippen LogP contribution < -0.4 is 5.32 Å². The highest BCUT2D eigenvalue weighted by atomic mass is 14.9. The molecule has 0 radical (unpaired) electrons. The van der Waals surface area contributed by atoms with E-state index in [0.29, 0.717) is 5.92 Å². The molecule has 100 valence electrons. The van der Waals surface area contributed by atoms with Crippen molar-refractivity contribution in [3.8, 4) is 0 Å². The second-order valence-corrected chi connectivity index (χ2v) is 6.15. The average molecular weight is 245 g/mol. The van der Waals surface area contributed by atoms with E-state index in [9.17, 15) is 0 Å². The van der Waals surface area contributed by atoms with Crippen molar-refractivity contribution < 1.29 is 0 Å². The van der Waals surface area contributed by atoms with Gasteiger partial charge in [-0.1, -0.05) is 57.9 Å². The molecule has 1 N–H and O–H groups in total. The highest BCUT2D eigenvalue weighted by Gasteiger charge is 2.20. The van der Waals surface area contributed by atoms with E-state index in [-0.39, 0.29) is 0 Å². The smallest absolute Gasteiger partial charge is 0.0208 e. The van der Waals surface area contributed by atoms with E-state index in [0.717, 1.165) is 18.5 Å². The van der Waals surface area contributed by atoms with Crippen LogP contribution in [-0.4, -0.2) is 6.04 Å². The largest absolute Gasteiger partial charge is 0.310 e. The van der Waals surface area contributed by atoms with Gasteiger partial charge in [-0.2, -0.15) is 0 Å². The van der Waals surface area contributed by atoms with Gasteiger partial charge >= 0.3 is 0 Å². The van der Waals surface area contributed by atoms with E-state index < -0.39 is 0 Å². The van der Waals surface area contributed by atoms with Crippen LogP contribution in [-0.2, 0) is 6.54 Å². The van der Waals surface area contributed by atoms with Crippen LogP contribution in [0.15, 0.2) is 24.3 Å². The summed E-state index contributed by atoms with van der Waals surface area (Å²) >= 11 is 0. The first-order chi connectivity index (χ1) is 8.66. The summed E-state index contributed by atoms with van der Waals surface area (Å²) in [6.07, 6.45) is 5.56. The molecule has 1 nitrogen and oxygen atoms in total. The van der Waals surface area contributed by atoms with Gasteiger partial charge in [-0.15, -0.1) is 0 Å². The van der Waals surface area contributed by atoms with Crippen molar-refractivity contribution in [2.45, 2.75) is 65.0 Å². The van der Waals surface area contributed by atoms with Crippen LogP contribution in [0.25, 0.3) is 0 Å². The van der Waals surface area contributed by atoms with Crippen LogP contribution in [0.5, 0.6) is 0 Å². The highest BCUT2D eigenvalue weighted by Crippen LogP contribution is 2.24. The van der Waals surface area contributed by atoms with Crippen molar-refractivity contribution in [3.63, 3.8) is 0 Å². The Balaban J connectivity index is 1.85. The van der Waals surface area contributed by atoms with E-state index in [1.165, 1.54) is 36.8 Å². The third-order valence-corrected chi connectivity index (χ3v) is 4.33. The van der Waals surface area contributed by atoms with Crippen molar-refractivity contribution in [2.24, 2.45) is 5.92 Å². The molecular formula is C17H27N. The molecule has 0 spiro atoms. The maximum Gasteiger partial charge on any atom is 0.0208 e. The molecule has 0 aliphatic heterocycles. The molecule has 1 heteroatoms. The minimum absolute atomic E-state index is 0.630. The van der Waals surface area contributed by atoms with Crippen molar-refractivity contribution in [2.75, 3.05) is 0 Å². The van der Waals surface area contributed by atoms with E-state index in [2.05, 4.69) is 50.4 Å². The zero-order valence-electron chi connectivity index (χ0n) is 12.1. The molecule has 18 heavy (non-hydrogen) atoms. The second-order valence-electron chi connectivity index (χ2n) is 6.15. The summed E-state index contributed by atoms with van der Waals surface area (Å²) < 4.78 is 0. The van der Waals surface area contributed by atoms with Crippen molar-refractivity contribution in [1.29, 1.82) is 0 Å². The molecular weight excluding hydrogens is 218 g/mol. The summed E-state index contributed by atoms with van der Waals surface area (Å²) in [6.45, 7) is 7.90. The molecule has 0 bridgehead atoms. The van der Waals surface area contributed by atoms with Gasteiger partial charge in [0.2, 0.25) is 0 Å². The lowest BCUT2D eigenvalue weighted by Crippen LogP contribution is -2.36. The first-order valence-electron chi connectivity index (χ1n) is 7.49. The van der Waals surface area contributed by atoms with Gasteiger partial charge in [0.15, 0.2) is 0 Å². The van der Waals surface area contributed by atoms with E-state index in [1.807, 2.05) is 0 Å². The molecule has 1 aliphatic rings. The Kier molecular flexibility index (Phi) is 4.82. The van der Waals surface area contributed by atoms with Crippen LogP contribution in [0.4, 0.5) is 0 Å². The summed E-state index contributed by atoms with van der Waals surface area (Å²) in [7, 11) is 0. The zero-order valence-corrected chi connectivity index (χ0v) is 12.1. The van der Waals surface area contributed by atoms with Crippen LogP contribution in [0, 0.1) is 5.92 Å². The molecule has 1 aliphatic carbocycles. The van der Waals surface area contributed by atoms with E-state index in [1.54, 1.807) is 0 Å². The summed E-state index contributed by atoms with van der Waals surface area (Å²) in [5.74, 6) is 1.47. The van der Waals surface area contributed by atoms with Gasteiger partial charge in [0.25, 0.3) is 0 Å². The maximum absolute atomic E-state index is 3.74. The quantitative estimate of drug-likeness (QED) is 0.824. The Morgan fingerprint density at radius 2 is 1.78 bits per heavy atom. The Bertz CT molecular complexity index is 352. The molecule has 0 saturated heterocycles. The van der Waals surface area contributed by atoms with Gasteiger partial charge in [0, 0.05) is 12.6 Å². The lowest BCUT2D eigenvalue weighted by atomic mass is 9.86. The maximum atomic E-state index is 3.74. The van der Waals surface area contributed by atoms with Crippen molar-refractivity contribution >= 4 is 0 Å². The lowest BCUT2D eigenvalue weighted by Gasteiger charge is -2.29. The highest BCUT2D eigenvalue weighted by molar-refractivity contribution is 5.24. The summed E-state index contributed by atoms with van der Waals surface area (Å²) in [5.41, 5.74) is 2.85. The Morgan fingerprint density at radius 1 is 1.11 bits per heavy atom. The molecule has 2 atom stereocenters. The third-order valence-electron chi connectivity index (χ3n) is 4.33. The SMILES string of the molecule is CC(C)c1ccc(CNC2CCCCC2C)cc1. The van der Waals surface area contributed by atoms with E-state index >= 15 is 0 Å². The zero-order chi connectivity index (χ0) is 13.0. The molecule has 0 amide bonds. The minimum atomic E-state index is 0.630. The van der Waals surface area contributed by atoms with Gasteiger partial charge in [0.1, 0.15) is 0 Å². The monoisotopic (exact) mass is 245 g/mol. The standard InChI is InChI=1S/C17H27N/c1-13(2)16-10-8-15(9-11-16)12-18-17-7-5-4-6-14(17)3/h8-11,13-14,17-18H,4-7,12H2,1-3H3. The fourth-order valence-corrected chi connectivity index (χ4v) is 2.89. The van der Waals surface area contributed by atoms with Gasteiger partial charge < -0.3 is 5.32 Å². The molecule has 2 rings (SSSR count). The Morgan fingerprint density at radius 3 is 2.39 bits per heavy atom. The summed E-state index contributed by atoms with van der Waals surface area (Å²) in [4.78, 5) is 0. The fraction of sp³-hybridized carbons (Fsp3) is 0.647. The Hall–Kier alpha value is -0.820. The third kappa shape index (κ3) is 3.58. The molecule has 0 heterocycles. The molecule has 0 aromatic heterocycles. The number of nitrogens with one attached hydrogen (secondary N) is 1. The lowest BCUT2D eigenvalue weighted by molar-refractivity contribution is 0.279. The number of benzene rings is 1. The van der Waals surface area contributed by atoms with Crippen LogP contribution in [0.1, 0.15) is 63.5 Å². The summed E-state index contributed by atoms with van der Waals surface area (Å²) in [6, 6.07) is 9.81. The topological polar surface area (TPSA) is 12.0 Å². The number of hydrogen-bond acceptors (Lipinski definition) is 1. The first-order valence-corrected chi connectivity index (χ1v) is 7.49. The normalized spacial score (nSPS) is 24.4. The number of hydrogen-bond donors (Lipinski definition) is 1. The average Bonchev–Trinajstić information content (AvgIpc) is 2.38. The molecule has 1 aromatic rings. The van der Waals surface area contributed by atoms with Gasteiger partial charge in [-0.25, -0.2) is 0 Å². The molecule has 1 saturated carbocycles. The molecule has 1 fully saturated rings. The van der Waals surface area contributed by atoms with E-state index in [4.69, 9.17) is 0 Å². The van der Waals surface area contributed by atoms with Crippen LogP contribution in [0.3, 0.4) is 0 Å². The van der Waals surface area contributed by atoms with Crippen molar-refractivity contribution in [3.05, 3.63) is 35.4 Å². The predicted octanol–water partition coefficient (Wildman–Crippen LogP) is 4.48. The van der Waals surface area contributed by atoms with Gasteiger partial charge in [-0.3, -0.25) is 0 Å². The Labute approximate surface area is 112 Å². The van der Waals surface area contributed by atoms with Crippen molar-refractivity contribution in [1.82, 2.24) is 5.32 Å². The van der Waals surface area contributed by atoms with Gasteiger partial charge in [-0.05, 0) is 35.8 Å².